The van der Waals surface area contributed by atoms with Crippen LogP contribution in [0.5, 0.6) is 0 Å². The van der Waals surface area contributed by atoms with Gasteiger partial charge in [-0.3, -0.25) is 0 Å². The zero-order valence-electron chi connectivity index (χ0n) is 9.29. The van der Waals surface area contributed by atoms with Crippen molar-refractivity contribution >= 4 is 29.1 Å². The Morgan fingerprint density at radius 2 is 2.07 bits per heavy atom. The molecule has 1 aliphatic rings. The van der Waals surface area contributed by atoms with Gasteiger partial charge in [0.1, 0.15) is 10.5 Å². The maximum Gasteiger partial charge on any atom is 0.329 e. The monoisotopic (exact) mass is 250 g/mol. The number of rotatable bonds is 5. The van der Waals surface area contributed by atoms with Crippen molar-refractivity contribution in [2.45, 2.75) is 50.6 Å². The standard InChI is InChI=1S/C8H22O3Si3/c1-2-14(9,11-13-10-12)8-6-4-3-5-7-8/h8-9H,2-7,13H2,1,12H3. The van der Waals surface area contributed by atoms with Gasteiger partial charge in [-0.1, -0.05) is 26.2 Å². The lowest BCUT2D eigenvalue weighted by Gasteiger charge is -2.34. The van der Waals surface area contributed by atoms with Crippen LogP contribution < -0.4 is 0 Å². The molecule has 1 saturated carbocycles. The lowest BCUT2D eigenvalue weighted by atomic mass is 10.0. The van der Waals surface area contributed by atoms with E-state index in [-0.39, 0.29) is 0 Å². The van der Waals surface area contributed by atoms with Gasteiger partial charge in [0.15, 0.2) is 0 Å². The van der Waals surface area contributed by atoms with Crippen LogP contribution in [0, 0.1) is 0 Å². The average molecular weight is 251 g/mol. The summed E-state index contributed by atoms with van der Waals surface area (Å²) in [5.41, 5.74) is 0.477. The fourth-order valence-corrected chi connectivity index (χ4v) is 8.22. The summed E-state index contributed by atoms with van der Waals surface area (Å²) in [7, 11) is -2.50. The molecule has 1 unspecified atom stereocenters. The van der Waals surface area contributed by atoms with Gasteiger partial charge in [0.2, 0.25) is 0 Å². The molecule has 3 nitrogen and oxygen atoms in total. The summed E-state index contributed by atoms with van der Waals surface area (Å²) < 4.78 is 10.9. The van der Waals surface area contributed by atoms with E-state index < -0.39 is 18.6 Å². The molecule has 0 bridgehead atoms. The van der Waals surface area contributed by atoms with Gasteiger partial charge in [0.25, 0.3) is 10.0 Å². The Morgan fingerprint density at radius 3 is 2.57 bits per heavy atom. The molecule has 0 heterocycles. The molecule has 1 N–H and O–H groups in total. The molecule has 1 fully saturated rings. The highest BCUT2D eigenvalue weighted by Crippen LogP contribution is 2.37. The van der Waals surface area contributed by atoms with Gasteiger partial charge < -0.3 is 13.0 Å². The smallest absolute Gasteiger partial charge is 0.329 e. The van der Waals surface area contributed by atoms with Crippen molar-refractivity contribution in [1.82, 2.24) is 0 Å². The Kier molecular flexibility index (Phi) is 5.57. The maximum absolute atomic E-state index is 10.5. The van der Waals surface area contributed by atoms with Crippen molar-refractivity contribution in [3.8, 4) is 0 Å². The summed E-state index contributed by atoms with van der Waals surface area (Å²) in [4.78, 5) is 10.5. The first-order chi connectivity index (χ1) is 6.73. The minimum atomic E-state index is -2.38. The lowest BCUT2D eigenvalue weighted by Crippen LogP contribution is -2.45. The van der Waals surface area contributed by atoms with Gasteiger partial charge in [-0.15, -0.1) is 0 Å². The average Bonchev–Trinajstić information content (AvgIpc) is 2.27. The van der Waals surface area contributed by atoms with Crippen LogP contribution in [-0.4, -0.2) is 33.8 Å². The normalized spacial score (nSPS) is 24.4. The Balaban J connectivity index is 2.47. The summed E-state index contributed by atoms with van der Waals surface area (Å²) in [5, 5.41) is 0. The van der Waals surface area contributed by atoms with Crippen molar-refractivity contribution in [2.75, 3.05) is 0 Å². The Labute approximate surface area is 93.1 Å². The highest BCUT2D eigenvalue weighted by atomic mass is 28.4. The molecule has 6 heteroatoms. The zero-order chi connectivity index (χ0) is 10.4. The van der Waals surface area contributed by atoms with Crippen LogP contribution in [0.25, 0.3) is 0 Å². The SMILES string of the molecule is CC[Si](O)(O[SiH2]O[SiH3])C1CCCCC1. The van der Waals surface area contributed by atoms with Crippen LogP contribution in [0.1, 0.15) is 39.0 Å². The molecule has 1 aliphatic carbocycles. The summed E-state index contributed by atoms with van der Waals surface area (Å²) >= 11 is 0. The quantitative estimate of drug-likeness (QED) is 0.703. The van der Waals surface area contributed by atoms with Crippen molar-refractivity contribution in [3.63, 3.8) is 0 Å². The predicted octanol–water partition coefficient (Wildman–Crippen LogP) is 0.0875. The van der Waals surface area contributed by atoms with E-state index in [9.17, 15) is 4.80 Å². The summed E-state index contributed by atoms with van der Waals surface area (Å²) in [6.07, 6.45) is 6.22. The third kappa shape index (κ3) is 3.28. The van der Waals surface area contributed by atoms with Crippen LogP contribution in [0.15, 0.2) is 0 Å². The highest BCUT2D eigenvalue weighted by molar-refractivity contribution is 6.71. The maximum atomic E-state index is 10.5. The number of hydrogen-bond donors (Lipinski definition) is 1. The molecule has 1 rings (SSSR count). The van der Waals surface area contributed by atoms with E-state index in [4.69, 9.17) is 8.23 Å². The first-order valence-electron chi connectivity index (χ1n) is 5.58. The first kappa shape index (κ1) is 12.6. The van der Waals surface area contributed by atoms with E-state index in [2.05, 4.69) is 6.92 Å². The molecular weight excluding hydrogens is 228 g/mol. The van der Waals surface area contributed by atoms with Gasteiger partial charge >= 0.3 is 8.56 Å². The Morgan fingerprint density at radius 1 is 1.43 bits per heavy atom. The molecule has 0 aromatic heterocycles. The second-order valence-corrected chi connectivity index (χ2v) is 11.0. The topological polar surface area (TPSA) is 38.7 Å². The third-order valence-electron chi connectivity index (χ3n) is 3.18. The molecule has 84 valence electrons. The van der Waals surface area contributed by atoms with Gasteiger partial charge in [0.05, 0.1) is 0 Å². The zero-order valence-corrected chi connectivity index (χ0v) is 13.7. The van der Waals surface area contributed by atoms with Crippen LogP contribution in [0.3, 0.4) is 0 Å². The van der Waals surface area contributed by atoms with E-state index in [1.54, 1.807) is 0 Å². The van der Waals surface area contributed by atoms with Crippen molar-refractivity contribution in [3.05, 3.63) is 0 Å². The molecule has 0 amide bonds. The molecule has 0 radical (unpaired) electrons. The molecule has 1 atom stereocenters. The molecular formula is C8H22O3Si3. The second kappa shape index (κ2) is 6.19. The molecule has 0 aromatic carbocycles. The van der Waals surface area contributed by atoms with E-state index in [1.165, 1.54) is 32.1 Å². The predicted molar refractivity (Wildman–Crippen MR) is 65.9 cm³/mol. The fourth-order valence-electron chi connectivity index (χ4n) is 2.22. The van der Waals surface area contributed by atoms with Crippen molar-refractivity contribution < 1.29 is 13.0 Å². The van der Waals surface area contributed by atoms with Crippen LogP contribution in [0.4, 0.5) is 0 Å². The van der Waals surface area contributed by atoms with E-state index in [0.29, 0.717) is 5.54 Å². The fraction of sp³-hybridized carbons (Fsp3) is 1.00. The van der Waals surface area contributed by atoms with Crippen LogP contribution in [-0.2, 0) is 8.23 Å². The molecule has 14 heavy (non-hydrogen) atoms. The summed E-state index contributed by atoms with van der Waals surface area (Å²) in [6.45, 7) is 2.06. The van der Waals surface area contributed by atoms with Gasteiger partial charge in [-0.05, 0) is 18.9 Å². The van der Waals surface area contributed by atoms with E-state index in [0.717, 1.165) is 16.5 Å². The minimum absolute atomic E-state index is 0.477. The van der Waals surface area contributed by atoms with Crippen LogP contribution >= 0.6 is 0 Å². The Bertz CT molecular complexity index is 164. The Hall–Kier alpha value is 0.531. The first-order valence-corrected chi connectivity index (χ1v) is 9.69. The van der Waals surface area contributed by atoms with E-state index in [1.807, 2.05) is 0 Å². The molecule has 0 aromatic rings. The summed E-state index contributed by atoms with van der Waals surface area (Å²) in [5.74, 6) is 0. The molecule has 0 saturated heterocycles. The van der Waals surface area contributed by atoms with Gasteiger partial charge in [-0.2, -0.15) is 0 Å². The van der Waals surface area contributed by atoms with Gasteiger partial charge in [-0.25, -0.2) is 0 Å². The lowest BCUT2D eigenvalue weighted by molar-refractivity contribution is 0.310. The van der Waals surface area contributed by atoms with Crippen LogP contribution in [0.2, 0.25) is 11.6 Å². The number of hydrogen-bond acceptors (Lipinski definition) is 3. The van der Waals surface area contributed by atoms with E-state index >= 15 is 0 Å². The third-order valence-corrected chi connectivity index (χ3v) is 9.46. The highest BCUT2D eigenvalue weighted by Gasteiger charge is 2.40. The van der Waals surface area contributed by atoms with Gasteiger partial charge in [0, 0.05) is 5.54 Å². The van der Waals surface area contributed by atoms with Crippen molar-refractivity contribution in [2.24, 2.45) is 0 Å². The minimum Gasteiger partial charge on any atom is -0.449 e. The van der Waals surface area contributed by atoms with Crippen molar-refractivity contribution in [1.29, 1.82) is 0 Å². The largest absolute Gasteiger partial charge is 0.449 e. The molecule has 0 aliphatic heterocycles. The summed E-state index contributed by atoms with van der Waals surface area (Å²) in [6, 6.07) is 0.829. The molecule has 0 spiro atoms. The second-order valence-electron chi connectivity index (χ2n) is 4.08.